The van der Waals surface area contributed by atoms with E-state index in [0.717, 1.165) is 48.5 Å². The van der Waals surface area contributed by atoms with Crippen LogP contribution in [0.3, 0.4) is 0 Å². The van der Waals surface area contributed by atoms with Crippen LogP contribution in [-0.4, -0.2) is 22.7 Å². The number of aliphatic hydroxyl groups is 1. The Hall–Kier alpha value is -2.46. The molecule has 3 nitrogen and oxygen atoms in total. The van der Waals surface area contributed by atoms with Gasteiger partial charge in [0.2, 0.25) is 0 Å². The van der Waals surface area contributed by atoms with Gasteiger partial charge in [-0.05, 0) is 65.8 Å². The minimum absolute atomic E-state index is 0.374. The molecule has 0 fully saturated rings. The highest BCUT2D eigenvalue weighted by molar-refractivity contribution is 6.30. The third kappa shape index (κ3) is 5.57. The molecular formula is C26H27ClN2O. The number of rotatable bonds is 7. The highest BCUT2D eigenvalue weighted by atomic mass is 35.5. The molecule has 2 heterocycles. The topological polar surface area (TPSA) is 45.1 Å². The van der Waals surface area contributed by atoms with Gasteiger partial charge < -0.3 is 10.4 Å². The summed E-state index contributed by atoms with van der Waals surface area (Å²) in [7, 11) is 0. The van der Waals surface area contributed by atoms with E-state index in [1.165, 1.54) is 16.7 Å². The second-order valence-electron chi connectivity index (χ2n) is 7.88. The molecule has 1 aliphatic rings. The van der Waals surface area contributed by atoms with Crippen LogP contribution < -0.4 is 5.32 Å². The van der Waals surface area contributed by atoms with Crippen molar-refractivity contribution in [2.24, 2.45) is 0 Å². The molecule has 0 radical (unpaired) electrons. The Morgan fingerprint density at radius 1 is 1.03 bits per heavy atom. The van der Waals surface area contributed by atoms with Crippen LogP contribution in [0.1, 0.15) is 47.8 Å². The SMILES string of the molecule is OC(CCC1CC(c2ccc(Cl)cc2)=CCN1)c1ccc(Cc2ccccn2)cc1. The zero-order valence-corrected chi connectivity index (χ0v) is 17.7. The fraction of sp³-hybridized carbons (Fsp3) is 0.269. The first kappa shape index (κ1) is 20.8. The van der Waals surface area contributed by atoms with Crippen LogP contribution >= 0.6 is 11.6 Å². The molecule has 0 aliphatic carbocycles. The summed E-state index contributed by atoms with van der Waals surface area (Å²) >= 11 is 6.01. The van der Waals surface area contributed by atoms with Gasteiger partial charge in [0.15, 0.2) is 0 Å². The van der Waals surface area contributed by atoms with Crippen LogP contribution in [0, 0.1) is 0 Å². The first-order valence-electron chi connectivity index (χ1n) is 10.5. The van der Waals surface area contributed by atoms with E-state index in [0.29, 0.717) is 6.04 Å². The van der Waals surface area contributed by atoms with Gasteiger partial charge in [-0.3, -0.25) is 4.98 Å². The lowest BCUT2D eigenvalue weighted by Crippen LogP contribution is -2.33. The molecule has 4 heteroatoms. The number of pyridine rings is 1. The Kier molecular flexibility index (Phi) is 6.96. The third-order valence-corrected chi connectivity index (χ3v) is 5.95. The fourth-order valence-corrected chi connectivity index (χ4v) is 4.09. The molecule has 0 spiro atoms. The highest BCUT2D eigenvalue weighted by Gasteiger charge is 2.18. The van der Waals surface area contributed by atoms with Crippen molar-refractivity contribution in [2.75, 3.05) is 6.54 Å². The van der Waals surface area contributed by atoms with Crippen molar-refractivity contribution < 1.29 is 5.11 Å². The molecule has 154 valence electrons. The van der Waals surface area contributed by atoms with Gasteiger partial charge in [-0.1, -0.05) is 60.1 Å². The zero-order valence-electron chi connectivity index (χ0n) is 17.0. The smallest absolute Gasteiger partial charge is 0.0790 e. The molecule has 0 amide bonds. The first-order valence-corrected chi connectivity index (χ1v) is 10.9. The minimum Gasteiger partial charge on any atom is -0.388 e. The van der Waals surface area contributed by atoms with E-state index in [2.05, 4.69) is 40.6 Å². The normalized spacial score (nSPS) is 17.4. The molecule has 2 N–H and O–H groups in total. The Balaban J connectivity index is 1.29. The van der Waals surface area contributed by atoms with Gasteiger partial charge >= 0.3 is 0 Å². The average molecular weight is 419 g/mol. The standard InChI is InChI=1S/C26H27ClN2O/c27-23-10-8-20(9-11-23)22-14-16-29-25(18-22)12-13-26(30)21-6-4-19(5-7-21)17-24-3-1-2-15-28-24/h1-11,14-15,25-26,29-30H,12-13,16-18H2. The van der Waals surface area contributed by atoms with Crippen LogP contribution in [0.15, 0.2) is 79.0 Å². The fourth-order valence-electron chi connectivity index (χ4n) is 3.97. The average Bonchev–Trinajstić information content (AvgIpc) is 2.79. The molecule has 2 unspecified atom stereocenters. The maximum atomic E-state index is 10.7. The third-order valence-electron chi connectivity index (χ3n) is 5.70. The molecule has 2 aromatic carbocycles. The number of hydrogen-bond donors (Lipinski definition) is 2. The molecule has 2 atom stereocenters. The van der Waals surface area contributed by atoms with Gasteiger partial charge in [0.05, 0.1) is 6.10 Å². The molecule has 0 saturated heterocycles. The summed E-state index contributed by atoms with van der Waals surface area (Å²) in [4.78, 5) is 4.38. The summed E-state index contributed by atoms with van der Waals surface area (Å²) in [6.45, 7) is 0.862. The lowest BCUT2D eigenvalue weighted by atomic mass is 9.91. The van der Waals surface area contributed by atoms with Crippen LogP contribution in [0.2, 0.25) is 5.02 Å². The Labute approximate surface area is 183 Å². The number of hydrogen-bond acceptors (Lipinski definition) is 3. The summed E-state index contributed by atoms with van der Waals surface area (Å²) in [5.41, 5.74) is 5.82. The first-order chi connectivity index (χ1) is 14.7. The van der Waals surface area contributed by atoms with Crippen molar-refractivity contribution >= 4 is 17.2 Å². The van der Waals surface area contributed by atoms with Crippen LogP contribution in [-0.2, 0) is 6.42 Å². The molecule has 4 rings (SSSR count). The quantitative estimate of drug-likeness (QED) is 0.526. The molecule has 0 bridgehead atoms. The van der Waals surface area contributed by atoms with Gasteiger partial charge in [-0.25, -0.2) is 0 Å². The van der Waals surface area contributed by atoms with E-state index < -0.39 is 6.10 Å². The van der Waals surface area contributed by atoms with Gasteiger partial charge in [0.25, 0.3) is 0 Å². The van der Waals surface area contributed by atoms with Crippen LogP contribution in [0.5, 0.6) is 0 Å². The van der Waals surface area contributed by atoms with Crippen molar-refractivity contribution in [1.82, 2.24) is 10.3 Å². The molecule has 30 heavy (non-hydrogen) atoms. The molecule has 1 aliphatic heterocycles. The van der Waals surface area contributed by atoms with Gasteiger partial charge in [0, 0.05) is 35.9 Å². The summed E-state index contributed by atoms with van der Waals surface area (Å²) in [5.74, 6) is 0. The number of aromatic nitrogens is 1. The predicted molar refractivity (Wildman–Crippen MR) is 124 cm³/mol. The van der Waals surface area contributed by atoms with E-state index in [1.807, 2.05) is 48.7 Å². The van der Waals surface area contributed by atoms with E-state index in [9.17, 15) is 5.11 Å². The Bertz CT molecular complexity index is 968. The summed E-state index contributed by atoms with van der Waals surface area (Å²) in [5, 5.41) is 15.0. The molecule has 0 saturated carbocycles. The lowest BCUT2D eigenvalue weighted by molar-refractivity contribution is 0.159. The minimum atomic E-state index is -0.444. The maximum Gasteiger partial charge on any atom is 0.0790 e. The van der Waals surface area contributed by atoms with Crippen molar-refractivity contribution in [2.45, 2.75) is 37.8 Å². The van der Waals surface area contributed by atoms with Gasteiger partial charge in [-0.2, -0.15) is 0 Å². The molecular weight excluding hydrogens is 392 g/mol. The summed E-state index contributed by atoms with van der Waals surface area (Å²) in [6.07, 6.45) is 7.07. The molecule has 3 aromatic rings. The van der Waals surface area contributed by atoms with Crippen molar-refractivity contribution in [3.05, 3.63) is 106 Å². The van der Waals surface area contributed by atoms with Crippen molar-refractivity contribution in [3.8, 4) is 0 Å². The van der Waals surface area contributed by atoms with E-state index in [1.54, 1.807) is 0 Å². The van der Waals surface area contributed by atoms with E-state index in [4.69, 9.17) is 11.6 Å². The summed E-state index contributed by atoms with van der Waals surface area (Å²) in [6, 6.07) is 22.6. The number of nitrogens with zero attached hydrogens (tertiary/aromatic N) is 1. The lowest BCUT2D eigenvalue weighted by Gasteiger charge is -2.25. The zero-order chi connectivity index (χ0) is 20.8. The van der Waals surface area contributed by atoms with Crippen LogP contribution in [0.25, 0.3) is 5.57 Å². The Morgan fingerprint density at radius 3 is 2.57 bits per heavy atom. The van der Waals surface area contributed by atoms with Crippen molar-refractivity contribution in [3.63, 3.8) is 0 Å². The largest absolute Gasteiger partial charge is 0.388 e. The maximum absolute atomic E-state index is 10.7. The van der Waals surface area contributed by atoms with Gasteiger partial charge in [-0.15, -0.1) is 0 Å². The molecule has 1 aromatic heterocycles. The number of benzene rings is 2. The van der Waals surface area contributed by atoms with Gasteiger partial charge in [0.1, 0.15) is 0 Å². The second-order valence-corrected chi connectivity index (χ2v) is 8.31. The summed E-state index contributed by atoms with van der Waals surface area (Å²) < 4.78 is 0. The van der Waals surface area contributed by atoms with E-state index >= 15 is 0 Å². The van der Waals surface area contributed by atoms with E-state index in [-0.39, 0.29) is 0 Å². The second kappa shape index (κ2) is 10.0. The number of halogens is 1. The van der Waals surface area contributed by atoms with Crippen LogP contribution in [0.4, 0.5) is 0 Å². The number of aliphatic hydroxyl groups excluding tert-OH is 1. The highest BCUT2D eigenvalue weighted by Crippen LogP contribution is 2.27. The van der Waals surface area contributed by atoms with Crippen molar-refractivity contribution in [1.29, 1.82) is 0 Å². The monoisotopic (exact) mass is 418 g/mol. The number of nitrogens with one attached hydrogen (secondary N) is 1. The predicted octanol–water partition coefficient (Wildman–Crippen LogP) is 5.58. The Morgan fingerprint density at radius 2 is 1.83 bits per heavy atom.